The summed E-state index contributed by atoms with van der Waals surface area (Å²) in [5.74, 6) is -0.280. The van der Waals surface area contributed by atoms with Crippen LogP contribution in [0.1, 0.15) is 11.1 Å². The first kappa shape index (κ1) is 16.6. The Kier molecular flexibility index (Phi) is 5.72. The predicted molar refractivity (Wildman–Crippen MR) is 96.6 cm³/mol. The van der Waals surface area contributed by atoms with E-state index in [1.807, 2.05) is 53.2 Å². The fraction of sp³-hybridized carbons (Fsp3) is 0.100. The average molecular weight is 335 g/mol. The van der Waals surface area contributed by atoms with Crippen LogP contribution in [0, 0.1) is 5.82 Å². The number of benzene rings is 2. The lowest BCUT2D eigenvalue weighted by molar-refractivity contribution is 0.174. The van der Waals surface area contributed by atoms with E-state index in [1.54, 1.807) is 24.7 Å². The van der Waals surface area contributed by atoms with Gasteiger partial charge in [-0.25, -0.2) is 9.37 Å². The van der Waals surface area contributed by atoms with Gasteiger partial charge in [-0.3, -0.25) is 0 Å². The lowest BCUT2D eigenvalue weighted by Crippen LogP contribution is -2.11. The number of hydrogen-bond donors (Lipinski definition) is 0. The molecule has 0 saturated heterocycles. The van der Waals surface area contributed by atoms with Crippen molar-refractivity contribution >= 4 is 11.8 Å². The van der Waals surface area contributed by atoms with E-state index in [0.717, 1.165) is 11.1 Å². The van der Waals surface area contributed by atoms with Crippen LogP contribution in [0.2, 0.25) is 0 Å². The summed E-state index contributed by atoms with van der Waals surface area (Å²) in [6, 6.07) is 16.2. The van der Waals surface area contributed by atoms with Crippen molar-refractivity contribution in [1.29, 1.82) is 0 Å². The van der Waals surface area contributed by atoms with Gasteiger partial charge in [-0.15, -0.1) is 0 Å². The molecule has 126 valence electrons. The molecular formula is C20H18FN3O. The van der Waals surface area contributed by atoms with Gasteiger partial charge in [-0.2, -0.15) is 0 Å². The Morgan fingerprint density at radius 3 is 2.64 bits per heavy atom. The van der Waals surface area contributed by atoms with E-state index in [1.165, 1.54) is 12.1 Å². The summed E-state index contributed by atoms with van der Waals surface area (Å²) in [4.78, 5) is 9.45. The number of rotatable bonds is 7. The average Bonchev–Trinajstić information content (AvgIpc) is 3.15. The van der Waals surface area contributed by atoms with E-state index < -0.39 is 0 Å². The standard InChI is InChI=1S/C20H18FN3O/c21-19-10-8-18(9-11-19)20(15-24-13-12-22-16-24)23-25-14-4-7-17-5-2-1-3-6-17/h1-13,16H,14-15H2/b7-4+,23-20-. The summed E-state index contributed by atoms with van der Waals surface area (Å²) in [6.45, 7) is 0.845. The third-order valence-corrected chi connectivity index (χ3v) is 3.52. The first-order valence-electron chi connectivity index (χ1n) is 7.93. The van der Waals surface area contributed by atoms with Crippen molar-refractivity contribution in [3.8, 4) is 0 Å². The van der Waals surface area contributed by atoms with Gasteiger partial charge in [-0.1, -0.05) is 53.7 Å². The van der Waals surface area contributed by atoms with E-state index in [0.29, 0.717) is 18.9 Å². The third kappa shape index (κ3) is 5.14. The first-order chi connectivity index (χ1) is 12.3. The van der Waals surface area contributed by atoms with Gasteiger partial charge in [-0.05, 0) is 23.8 Å². The normalized spacial score (nSPS) is 11.8. The molecule has 0 bridgehead atoms. The second-order valence-corrected chi connectivity index (χ2v) is 5.39. The number of imidazole rings is 1. The van der Waals surface area contributed by atoms with Crippen LogP contribution in [0.4, 0.5) is 4.39 Å². The minimum atomic E-state index is -0.280. The molecule has 2 aromatic carbocycles. The molecule has 0 radical (unpaired) electrons. The largest absolute Gasteiger partial charge is 0.391 e. The van der Waals surface area contributed by atoms with E-state index in [2.05, 4.69) is 10.1 Å². The summed E-state index contributed by atoms with van der Waals surface area (Å²) in [5, 5.41) is 4.22. The van der Waals surface area contributed by atoms with Crippen molar-refractivity contribution in [2.75, 3.05) is 6.61 Å². The van der Waals surface area contributed by atoms with Crippen molar-refractivity contribution in [2.24, 2.45) is 5.16 Å². The van der Waals surface area contributed by atoms with Crippen molar-refractivity contribution in [3.05, 3.63) is 96.3 Å². The topological polar surface area (TPSA) is 39.4 Å². The van der Waals surface area contributed by atoms with Crippen LogP contribution in [-0.2, 0) is 11.4 Å². The minimum absolute atomic E-state index is 0.280. The van der Waals surface area contributed by atoms with Gasteiger partial charge in [0.15, 0.2) is 0 Å². The molecule has 0 aliphatic heterocycles. The van der Waals surface area contributed by atoms with Gasteiger partial charge in [0.25, 0.3) is 0 Å². The van der Waals surface area contributed by atoms with Crippen LogP contribution < -0.4 is 0 Å². The lowest BCUT2D eigenvalue weighted by Gasteiger charge is -2.07. The molecule has 5 heteroatoms. The van der Waals surface area contributed by atoms with Crippen LogP contribution in [-0.4, -0.2) is 21.9 Å². The van der Waals surface area contributed by atoms with Crippen LogP contribution >= 0.6 is 0 Å². The van der Waals surface area contributed by atoms with Crippen LogP contribution in [0.15, 0.2) is 84.6 Å². The van der Waals surface area contributed by atoms with Crippen molar-refractivity contribution < 1.29 is 9.23 Å². The molecule has 0 amide bonds. The molecule has 0 spiro atoms. The fourth-order valence-corrected chi connectivity index (χ4v) is 2.27. The molecule has 0 unspecified atom stereocenters. The van der Waals surface area contributed by atoms with Crippen molar-refractivity contribution in [3.63, 3.8) is 0 Å². The Hall–Kier alpha value is -3.21. The van der Waals surface area contributed by atoms with Gasteiger partial charge in [0.1, 0.15) is 18.1 Å². The molecule has 0 aliphatic rings. The molecule has 0 fully saturated rings. The van der Waals surface area contributed by atoms with Crippen molar-refractivity contribution in [2.45, 2.75) is 6.54 Å². The number of halogens is 1. The fourth-order valence-electron chi connectivity index (χ4n) is 2.27. The summed E-state index contributed by atoms with van der Waals surface area (Å²) in [6.07, 6.45) is 9.12. The number of nitrogens with zero attached hydrogens (tertiary/aromatic N) is 3. The SMILES string of the molecule is Fc1ccc(/C(Cn2ccnc2)=N\OC/C=C/c2ccccc2)cc1. The predicted octanol–water partition coefficient (Wildman–Crippen LogP) is 4.16. The van der Waals surface area contributed by atoms with Gasteiger partial charge in [0.05, 0.1) is 12.9 Å². The van der Waals surface area contributed by atoms with Crippen LogP contribution in [0.3, 0.4) is 0 Å². The maximum absolute atomic E-state index is 13.1. The summed E-state index contributed by atoms with van der Waals surface area (Å²) < 4.78 is 15.0. The Morgan fingerprint density at radius 1 is 1.12 bits per heavy atom. The molecule has 25 heavy (non-hydrogen) atoms. The minimum Gasteiger partial charge on any atom is -0.391 e. The Labute approximate surface area is 145 Å². The first-order valence-corrected chi connectivity index (χ1v) is 7.93. The number of aromatic nitrogens is 2. The molecule has 3 rings (SSSR count). The summed E-state index contributed by atoms with van der Waals surface area (Å²) in [5.41, 5.74) is 2.61. The van der Waals surface area contributed by atoms with E-state index in [4.69, 9.17) is 4.84 Å². The molecule has 0 saturated carbocycles. The number of oxime groups is 1. The smallest absolute Gasteiger partial charge is 0.135 e. The second-order valence-electron chi connectivity index (χ2n) is 5.39. The Bertz CT molecular complexity index is 825. The molecular weight excluding hydrogens is 317 g/mol. The quantitative estimate of drug-likeness (QED) is 0.369. The monoisotopic (exact) mass is 335 g/mol. The highest BCUT2D eigenvalue weighted by Crippen LogP contribution is 2.07. The highest BCUT2D eigenvalue weighted by atomic mass is 19.1. The highest BCUT2D eigenvalue weighted by molar-refractivity contribution is 6.00. The van der Waals surface area contributed by atoms with Gasteiger partial charge < -0.3 is 9.40 Å². The highest BCUT2D eigenvalue weighted by Gasteiger charge is 2.06. The van der Waals surface area contributed by atoms with Crippen molar-refractivity contribution in [1.82, 2.24) is 9.55 Å². The van der Waals surface area contributed by atoms with E-state index in [-0.39, 0.29) is 5.82 Å². The van der Waals surface area contributed by atoms with Crippen LogP contribution in [0.5, 0.6) is 0 Å². The Morgan fingerprint density at radius 2 is 1.92 bits per heavy atom. The second kappa shape index (κ2) is 8.59. The third-order valence-electron chi connectivity index (χ3n) is 3.52. The lowest BCUT2D eigenvalue weighted by atomic mass is 10.1. The maximum Gasteiger partial charge on any atom is 0.135 e. The summed E-state index contributed by atoms with van der Waals surface area (Å²) in [7, 11) is 0. The van der Waals surface area contributed by atoms with Gasteiger partial charge in [0.2, 0.25) is 0 Å². The van der Waals surface area contributed by atoms with Gasteiger partial charge in [0, 0.05) is 18.0 Å². The molecule has 0 atom stereocenters. The maximum atomic E-state index is 13.1. The zero-order valence-electron chi connectivity index (χ0n) is 13.6. The molecule has 0 aliphatic carbocycles. The molecule has 1 heterocycles. The number of hydrogen-bond acceptors (Lipinski definition) is 3. The molecule has 1 aromatic heterocycles. The zero-order chi connectivity index (χ0) is 17.3. The molecule has 3 aromatic rings. The molecule has 4 nitrogen and oxygen atoms in total. The zero-order valence-corrected chi connectivity index (χ0v) is 13.6. The van der Waals surface area contributed by atoms with E-state index in [9.17, 15) is 4.39 Å². The molecule has 0 N–H and O–H groups in total. The van der Waals surface area contributed by atoms with E-state index >= 15 is 0 Å². The summed E-state index contributed by atoms with van der Waals surface area (Å²) >= 11 is 0. The Balaban J connectivity index is 1.66. The van der Waals surface area contributed by atoms with Gasteiger partial charge >= 0.3 is 0 Å². The van der Waals surface area contributed by atoms with Crippen LogP contribution in [0.25, 0.3) is 6.08 Å².